The van der Waals surface area contributed by atoms with E-state index in [-0.39, 0.29) is 6.10 Å². The van der Waals surface area contributed by atoms with Gasteiger partial charge in [-0.05, 0) is 57.1 Å². The van der Waals surface area contributed by atoms with Crippen LogP contribution in [-0.2, 0) is 6.42 Å². The Hall–Kier alpha value is -1.26. The van der Waals surface area contributed by atoms with E-state index >= 15 is 0 Å². The first-order valence-electron chi connectivity index (χ1n) is 6.95. The smallest absolute Gasteiger partial charge is 0.161 e. The number of piperidine rings is 1. The zero-order chi connectivity index (χ0) is 13.7. The summed E-state index contributed by atoms with van der Waals surface area (Å²) in [6, 6.07) is 6.09. The summed E-state index contributed by atoms with van der Waals surface area (Å²) in [6.07, 6.45) is 3.42. The highest BCUT2D eigenvalue weighted by Gasteiger charge is 2.20. The van der Waals surface area contributed by atoms with Crippen molar-refractivity contribution in [1.82, 2.24) is 4.90 Å². The highest BCUT2D eigenvalue weighted by atomic mass is 16.5. The van der Waals surface area contributed by atoms with Gasteiger partial charge in [0.2, 0.25) is 0 Å². The number of rotatable bonds is 5. The third-order valence-corrected chi connectivity index (χ3v) is 3.54. The van der Waals surface area contributed by atoms with E-state index in [4.69, 9.17) is 15.2 Å². The second-order valence-electron chi connectivity index (χ2n) is 5.17. The number of nitrogens with zero attached hydrogens (tertiary/aromatic N) is 1. The Morgan fingerprint density at radius 2 is 2.21 bits per heavy atom. The molecule has 1 aliphatic heterocycles. The molecule has 0 bridgehead atoms. The first-order valence-corrected chi connectivity index (χ1v) is 6.95. The molecule has 1 aliphatic rings. The minimum absolute atomic E-state index is 0.257. The lowest BCUT2D eigenvalue weighted by molar-refractivity contribution is 0.101. The summed E-state index contributed by atoms with van der Waals surface area (Å²) in [5.74, 6) is 1.64. The minimum atomic E-state index is 0.257. The lowest BCUT2D eigenvalue weighted by atomic mass is 10.1. The standard InChI is InChI=1S/C15H24N2O2/c1-17-9-3-4-13(11-17)19-14-6-5-12(7-8-16)10-15(14)18-2/h5-6,10,13H,3-4,7-9,11,16H2,1-2H3. The summed E-state index contributed by atoms with van der Waals surface area (Å²) >= 11 is 0. The SMILES string of the molecule is COc1cc(CCN)ccc1OC1CCCN(C)C1. The van der Waals surface area contributed by atoms with Crippen LogP contribution >= 0.6 is 0 Å². The normalized spacial score (nSPS) is 20.3. The Morgan fingerprint density at radius 1 is 1.37 bits per heavy atom. The number of hydrogen-bond donors (Lipinski definition) is 1. The Balaban J connectivity index is 2.06. The maximum absolute atomic E-state index is 6.08. The van der Waals surface area contributed by atoms with Crippen molar-refractivity contribution in [1.29, 1.82) is 0 Å². The molecule has 1 fully saturated rings. The summed E-state index contributed by atoms with van der Waals surface area (Å²) in [5, 5.41) is 0. The molecule has 2 N–H and O–H groups in total. The average Bonchev–Trinajstić information content (AvgIpc) is 2.41. The first kappa shape index (κ1) is 14.2. The molecule has 0 saturated carbocycles. The molecule has 4 heteroatoms. The van der Waals surface area contributed by atoms with Crippen LogP contribution in [0, 0.1) is 0 Å². The molecule has 0 aromatic heterocycles. The Bertz CT molecular complexity index is 409. The van der Waals surface area contributed by atoms with E-state index in [2.05, 4.69) is 18.0 Å². The highest BCUT2D eigenvalue weighted by molar-refractivity contribution is 5.43. The quantitative estimate of drug-likeness (QED) is 0.879. The molecule has 0 spiro atoms. The van der Waals surface area contributed by atoms with Crippen molar-refractivity contribution in [2.24, 2.45) is 5.73 Å². The fourth-order valence-electron chi connectivity index (χ4n) is 2.53. The molecule has 19 heavy (non-hydrogen) atoms. The molecule has 1 heterocycles. The maximum atomic E-state index is 6.08. The van der Waals surface area contributed by atoms with E-state index < -0.39 is 0 Å². The molecule has 1 saturated heterocycles. The first-order chi connectivity index (χ1) is 9.22. The number of likely N-dealkylation sites (N-methyl/N-ethyl adjacent to an activating group) is 1. The summed E-state index contributed by atoms with van der Waals surface area (Å²) in [4.78, 5) is 2.31. The van der Waals surface area contributed by atoms with E-state index in [1.165, 1.54) is 12.0 Å². The molecular weight excluding hydrogens is 240 g/mol. The van der Waals surface area contributed by atoms with Gasteiger partial charge in [-0.25, -0.2) is 0 Å². The van der Waals surface area contributed by atoms with Gasteiger partial charge < -0.3 is 20.1 Å². The fraction of sp³-hybridized carbons (Fsp3) is 0.600. The van der Waals surface area contributed by atoms with Crippen molar-refractivity contribution < 1.29 is 9.47 Å². The van der Waals surface area contributed by atoms with Crippen molar-refractivity contribution in [3.63, 3.8) is 0 Å². The molecule has 1 unspecified atom stereocenters. The lowest BCUT2D eigenvalue weighted by Crippen LogP contribution is -2.38. The van der Waals surface area contributed by atoms with Gasteiger partial charge >= 0.3 is 0 Å². The van der Waals surface area contributed by atoms with Gasteiger partial charge in [0, 0.05) is 6.54 Å². The van der Waals surface area contributed by atoms with Gasteiger partial charge in [0.15, 0.2) is 11.5 Å². The van der Waals surface area contributed by atoms with Crippen molar-refractivity contribution in [2.75, 3.05) is 33.8 Å². The second-order valence-corrected chi connectivity index (χ2v) is 5.17. The third kappa shape index (κ3) is 3.85. The van der Waals surface area contributed by atoms with Crippen molar-refractivity contribution >= 4 is 0 Å². The summed E-state index contributed by atoms with van der Waals surface area (Å²) < 4.78 is 11.5. The zero-order valence-electron chi connectivity index (χ0n) is 11.9. The highest BCUT2D eigenvalue weighted by Crippen LogP contribution is 2.30. The van der Waals surface area contributed by atoms with Gasteiger partial charge in [-0.3, -0.25) is 0 Å². The number of likely N-dealkylation sites (tertiary alicyclic amines) is 1. The lowest BCUT2D eigenvalue weighted by Gasteiger charge is -2.30. The van der Waals surface area contributed by atoms with Gasteiger partial charge in [0.05, 0.1) is 7.11 Å². The monoisotopic (exact) mass is 264 g/mol. The van der Waals surface area contributed by atoms with E-state index in [0.717, 1.165) is 37.4 Å². The second kappa shape index (κ2) is 6.78. The van der Waals surface area contributed by atoms with Crippen LogP contribution in [0.25, 0.3) is 0 Å². The van der Waals surface area contributed by atoms with Crippen molar-refractivity contribution in [3.8, 4) is 11.5 Å². The van der Waals surface area contributed by atoms with Crippen LogP contribution in [0.15, 0.2) is 18.2 Å². The Morgan fingerprint density at radius 3 is 2.89 bits per heavy atom. The molecule has 0 radical (unpaired) electrons. The maximum Gasteiger partial charge on any atom is 0.161 e. The van der Waals surface area contributed by atoms with Crippen LogP contribution in [-0.4, -0.2) is 44.8 Å². The Kier molecular flexibility index (Phi) is 5.05. The number of benzene rings is 1. The van der Waals surface area contributed by atoms with Crippen molar-refractivity contribution in [2.45, 2.75) is 25.4 Å². The molecule has 1 aromatic rings. The van der Waals surface area contributed by atoms with Crippen LogP contribution in [0.3, 0.4) is 0 Å². The van der Waals surface area contributed by atoms with Gasteiger partial charge in [-0.2, -0.15) is 0 Å². The molecule has 1 aromatic carbocycles. The summed E-state index contributed by atoms with van der Waals surface area (Å²) in [7, 11) is 3.82. The van der Waals surface area contributed by atoms with Gasteiger partial charge in [-0.15, -0.1) is 0 Å². The molecule has 1 atom stereocenters. The number of hydrogen-bond acceptors (Lipinski definition) is 4. The van der Waals surface area contributed by atoms with Crippen LogP contribution in [0.2, 0.25) is 0 Å². The summed E-state index contributed by atoms with van der Waals surface area (Å²) in [6.45, 7) is 2.79. The van der Waals surface area contributed by atoms with Crippen LogP contribution in [0.4, 0.5) is 0 Å². The topological polar surface area (TPSA) is 47.7 Å². The van der Waals surface area contributed by atoms with E-state index in [9.17, 15) is 0 Å². The molecule has 0 aliphatic carbocycles. The number of methoxy groups -OCH3 is 1. The molecule has 0 amide bonds. The van der Waals surface area contributed by atoms with Gasteiger partial charge in [-0.1, -0.05) is 6.07 Å². The van der Waals surface area contributed by atoms with E-state index in [0.29, 0.717) is 6.54 Å². The van der Waals surface area contributed by atoms with Gasteiger partial charge in [0.25, 0.3) is 0 Å². The number of nitrogens with two attached hydrogens (primary N) is 1. The van der Waals surface area contributed by atoms with Crippen molar-refractivity contribution in [3.05, 3.63) is 23.8 Å². The summed E-state index contributed by atoms with van der Waals surface area (Å²) in [5.41, 5.74) is 6.76. The minimum Gasteiger partial charge on any atom is -0.493 e. The molecular formula is C15H24N2O2. The third-order valence-electron chi connectivity index (χ3n) is 3.54. The molecule has 4 nitrogen and oxygen atoms in total. The van der Waals surface area contributed by atoms with Gasteiger partial charge in [0.1, 0.15) is 6.10 Å². The largest absolute Gasteiger partial charge is 0.493 e. The Labute approximate surface area is 115 Å². The van der Waals surface area contributed by atoms with E-state index in [1.54, 1.807) is 7.11 Å². The molecule has 2 rings (SSSR count). The fourth-order valence-corrected chi connectivity index (χ4v) is 2.53. The van der Waals surface area contributed by atoms with Crippen LogP contribution < -0.4 is 15.2 Å². The predicted molar refractivity (Wildman–Crippen MR) is 76.9 cm³/mol. The number of ether oxygens (including phenoxy) is 2. The predicted octanol–water partition coefficient (Wildman–Crippen LogP) is 1.67. The van der Waals surface area contributed by atoms with Crippen LogP contribution in [0.5, 0.6) is 11.5 Å². The van der Waals surface area contributed by atoms with Crippen LogP contribution in [0.1, 0.15) is 18.4 Å². The van der Waals surface area contributed by atoms with E-state index in [1.807, 2.05) is 12.1 Å². The molecule has 106 valence electrons. The zero-order valence-corrected chi connectivity index (χ0v) is 11.9. The average molecular weight is 264 g/mol.